The fourth-order valence-corrected chi connectivity index (χ4v) is 7.96. The Labute approximate surface area is 245 Å². The molecule has 2 fully saturated rings. The van der Waals surface area contributed by atoms with E-state index in [1.807, 2.05) is 6.07 Å². The van der Waals surface area contributed by atoms with Crippen LogP contribution in [0.2, 0.25) is 0 Å². The molecule has 0 aromatic heterocycles. The van der Waals surface area contributed by atoms with Crippen molar-refractivity contribution in [3.05, 3.63) is 52.8 Å². The van der Waals surface area contributed by atoms with Gasteiger partial charge in [-0.2, -0.15) is 0 Å². The SMILES string of the molecule is CCc1cc(-c2ccc(C3CCC(C4CCC(C)CC4)CC3)cc2F)c(CC)cc1OCCC(CC)(CC)CC. The van der Waals surface area contributed by atoms with Crippen LogP contribution in [0.5, 0.6) is 5.75 Å². The topological polar surface area (TPSA) is 9.23 Å². The Hall–Kier alpha value is -1.83. The summed E-state index contributed by atoms with van der Waals surface area (Å²) >= 11 is 0. The van der Waals surface area contributed by atoms with E-state index >= 15 is 4.39 Å². The Morgan fingerprint density at radius 2 is 1.32 bits per heavy atom. The van der Waals surface area contributed by atoms with Gasteiger partial charge >= 0.3 is 0 Å². The summed E-state index contributed by atoms with van der Waals surface area (Å²) < 4.78 is 22.2. The smallest absolute Gasteiger partial charge is 0.131 e. The molecule has 2 aliphatic rings. The van der Waals surface area contributed by atoms with Gasteiger partial charge in [0, 0.05) is 5.56 Å². The summed E-state index contributed by atoms with van der Waals surface area (Å²) in [5.74, 6) is 4.20. The number of benzene rings is 2. The second-order valence-electron chi connectivity index (χ2n) is 13.4. The van der Waals surface area contributed by atoms with Crippen molar-refractivity contribution in [2.45, 2.75) is 137 Å². The largest absolute Gasteiger partial charge is 0.493 e. The zero-order chi connectivity index (χ0) is 28.7. The standard InChI is InChI=1S/C38H57FO/c1-7-28-26-37(40-23-22-38(9-3,10-4)11-5)29(8-2)24-35(28)34-21-20-33(25-36(34)39)32-18-16-31(17-19-32)30-14-12-27(6)13-15-30/h20-21,24-27,30-32H,7-19,22-23H2,1-6H3. The third-order valence-corrected chi connectivity index (χ3v) is 11.4. The van der Waals surface area contributed by atoms with Crippen LogP contribution >= 0.6 is 0 Å². The molecule has 0 radical (unpaired) electrons. The molecule has 2 saturated carbocycles. The minimum absolute atomic E-state index is 0.0649. The highest BCUT2D eigenvalue weighted by Gasteiger charge is 2.31. The molecular formula is C38H57FO. The zero-order valence-electron chi connectivity index (χ0n) is 26.6. The van der Waals surface area contributed by atoms with E-state index < -0.39 is 0 Å². The van der Waals surface area contributed by atoms with Gasteiger partial charge in [-0.3, -0.25) is 0 Å². The molecule has 0 amide bonds. The molecule has 0 atom stereocenters. The lowest BCUT2D eigenvalue weighted by Crippen LogP contribution is -2.24. The van der Waals surface area contributed by atoms with Gasteiger partial charge in [-0.05, 0) is 127 Å². The quantitative estimate of drug-likeness (QED) is 0.256. The first-order chi connectivity index (χ1) is 19.4. The fraction of sp³-hybridized carbons (Fsp3) is 0.684. The van der Waals surface area contributed by atoms with Gasteiger partial charge in [0.1, 0.15) is 11.6 Å². The Morgan fingerprint density at radius 1 is 0.725 bits per heavy atom. The summed E-state index contributed by atoms with van der Waals surface area (Å²) in [4.78, 5) is 0. The van der Waals surface area contributed by atoms with Crippen molar-refractivity contribution in [2.75, 3.05) is 6.61 Å². The van der Waals surface area contributed by atoms with E-state index in [0.29, 0.717) is 11.3 Å². The predicted octanol–water partition coefficient (Wildman–Crippen LogP) is 11.7. The monoisotopic (exact) mass is 548 g/mol. The molecule has 0 aliphatic heterocycles. The first-order valence-electron chi connectivity index (χ1n) is 16.9. The van der Waals surface area contributed by atoms with E-state index in [4.69, 9.17) is 4.74 Å². The van der Waals surface area contributed by atoms with Crippen molar-refractivity contribution < 1.29 is 9.13 Å². The highest BCUT2D eigenvalue weighted by molar-refractivity contribution is 5.71. The van der Waals surface area contributed by atoms with Crippen LogP contribution in [0.1, 0.15) is 141 Å². The third kappa shape index (κ3) is 7.14. The zero-order valence-corrected chi connectivity index (χ0v) is 26.6. The number of ether oxygens (including phenoxy) is 1. The Morgan fingerprint density at radius 3 is 1.88 bits per heavy atom. The maximum absolute atomic E-state index is 15.8. The van der Waals surface area contributed by atoms with Gasteiger partial charge < -0.3 is 4.74 Å². The number of rotatable bonds is 12. The van der Waals surface area contributed by atoms with Crippen LogP contribution in [0.4, 0.5) is 4.39 Å². The summed E-state index contributed by atoms with van der Waals surface area (Å²) in [6.45, 7) is 14.4. The normalized spacial score (nSPS) is 23.8. The molecule has 4 rings (SSSR count). The van der Waals surface area contributed by atoms with Crippen molar-refractivity contribution in [3.8, 4) is 16.9 Å². The van der Waals surface area contributed by atoms with Crippen LogP contribution in [0.15, 0.2) is 30.3 Å². The molecule has 0 unspecified atom stereocenters. The Bertz CT molecular complexity index is 1060. The summed E-state index contributed by atoms with van der Waals surface area (Å²) in [7, 11) is 0. The van der Waals surface area contributed by atoms with Crippen molar-refractivity contribution >= 4 is 0 Å². The van der Waals surface area contributed by atoms with Gasteiger partial charge in [0.15, 0.2) is 0 Å². The number of hydrogen-bond acceptors (Lipinski definition) is 1. The van der Waals surface area contributed by atoms with Gasteiger partial charge in [0.2, 0.25) is 0 Å². The maximum Gasteiger partial charge on any atom is 0.131 e. The van der Waals surface area contributed by atoms with Gasteiger partial charge in [-0.25, -0.2) is 4.39 Å². The first-order valence-corrected chi connectivity index (χ1v) is 16.9. The van der Waals surface area contributed by atoms with Crippen LogP contribution in [-0.2, 0) is 12.8 Å². The van der Waals surface area contributed by atoms with E-state index in [2.05, 4.69) is 65.8 Å². The van der Waals surface area contributed by atoms with Crippen LogP contribution in [-0.4, -0.2) is 6.61 Å². The van der Waals surface area contributed by atoms with E-state index in [-0.39, 0.29) is 5.82 Å². The molecule has 1 nitrogen and oxygen atoms in total. The maximum atomic E-state index is 15.8. The molecule has 0 saturated heterocycles. The van der Waals surface area contributed by atoms with Crippen LogP contribution in [0, 0.1) is 29.0 Å². The molecule has 0 spiro atoms. The molecule has 0 heterocycles. The van der Waals surface area contributed by atoms with Crippen LogP contribution in [0.25, 0.3) is 11.1 Å². The second-order valence-corrected chi connectivity index (χ2v) is 13.4. The van der Waals surface area contributed by atoms with E-state index in [1.54, 1.807) is 0 Å². The molecule has 2 aliphatic carbocycles. The van der Waals surface area contributed by atoms with Crippen LogP contribution in [0.3, 0.4) is 0 Å². The second kappa shape index (κ2) is 14.4. The molecule has 2 aromatic rings. The summed E-state index contributed by atoms with van der Waals surface area (Å²) in [5, 5.41) is 0. The molecule has 2 aromatic carbocycles. The van der Waals surface area contributed by atoms with Gasteiger partial charge in [0.05, 0.1) is 6.61 Å². The van der Waals surface area contributed by atoms with Crippen molar-refractivity contribution in [1.82, 2.24) is 0 Å². The molecular weight excluding hydrogens is 491 g/mol. The van der Waals surface area contributed by atoms with Gasteiger partial charge in [-0.15, -0.1) is 0 Å². The molecule has 0 N–H and O–H groups in total. The number of hydrogen-bond donors (Lipinski definition) is 0. The van der Waals surface area contributed by atoms with Crippen LogP contribution < -0.4 is 4.74 Å². The first kappa shape index (κ1) is 31.1. The highest BCUT2D eigenvalue weighted by atomic mass is 19.1. The Kier molecular flexibility index (Phi) is 11.2. The number of halogens is 1. The van der Waals surface area contributed by atoms with Gasteiger partial charge in [-0.1, -0.05) is 85.8 Å². The minimum atomic E-state index is -0.0649. The molecule has 2 heteroatoms. The minimum Gasteiger partial charge on any atom is -0.493 e. The van der Waals surface area contributed by atoms with E-state index in [0.717, 1.165) is 60.5 Å². The van der Waals surface area contributed by atoms with Crippen molar-refractivity contribution in [3.63, 3.8) is 0 Å². The number of aryl methyl sites for hydroxylation is 2. The van der Waals surface area contributed by atoms with Crippen molar-refractivity contribution in [2.24, 2.45) is 23.2 Å². The predicted molar refractivity (Wildman–Crippen MR) is 170 cm³/mol. The lowest BCUT2D eigenvalue weighted by atomic mass is 9.68. The van der Waals surface area contributed by atoms with Crippen molar-refractivity contribution in [1.29, 1.82) is 0 Å². The third-order valence-electron chi connectivity index (χ3n) is 11.4. The summed E-state index contributed by atoms with van der Waals surface area (Å²) in [5.41, 5.74) is 5.72. The summed E-state index contributed by atoms with van der Waals surface area (Å²) in [6.07, 6.45) is 17.2. The lowest BCUT2D eigenvalue weighted by Gasteiger charge is -2.37. The summed E-state index contributed by atoms with van der Waals surface area (Å²) in [6, 6.07) is 10.5. The average molecular weight is 549 g/mol. The lowest BCUT2D eigenvalue weighted by molar-refractivity contribution is 0.165. The Balaban J connectivity index is 1.45. The van der Waals surface area contributed by atoms with E-state index in [9.17, 15) is 0 Å². The molecule has 0 bridgehead atoms. The molecule has 222 valence electrons. The highest BCUT2D eigenvalue weighted by Crippen LogP contribution is 2.44. The van der Waals surface area contributed by atoms with E-state index in [1.165, 1.54) is 87.3 Å². The van der Waals surface area contributed by atoms with Gasteiger partial charge in [0.25, 0.3) is 0 Å². The average Bonchev–Trinajstić information content (AvgIpc) is 3.00. The fourth-order valence-electron chi connectivity index (χ4n) is 7.96. The molecule has 40 heavy (non-hydrogen) atoms.